The van der Waals surface area contributed by atoms with E-state index in [9.17, 15) is 14.4 Å². The zero-order chi connectivity index (χ0) is 15.3. The number of nitrogens with one attached hydrogen (secondary N) is 1. The second-order valence-electron chi connectivity index (χ2n) is 6.56. The van der Waals surface area contributed by atoms with E-state index in [1.807, 2.05) is 30.3 Å². The highest BCUT2D eigenvalue weighted by Gasteiger charge is 2.66. The molecule has 1 aromatic carbocycles. The van der Waals surface area contributed by atoms with E-state index < -0.39 is 29.2 Å². The summed E-state index contributed by atoms with van der Waals surface area (Å²) in [6, 6.07) is 9.21. The summed E-state index contributed by atoms with van der Waals surface area (Å²) in [7, 11) is 0. The van der Waals surface area contributed by atoms with Gasteiger partial charge in [0.1, 0.15) is 0 Å². The van der Waals surface area contributed by atoms with Crippen LogP contribution >= 0.6 is 0 Å². The number of amides is 1. The molecule has 4 fully saturated rings. The Morgan fingerprint density at radius 2 is 1.77 bits per heavy atom. The highest BCUT2D eigenvalue weighted by molar-refractivity contribution is 6.04. The summed E-state index contributed by atoms with van der Waals surface area (Å²) in [6.07, 6.45) is 2.93. The van der Waals surface area contributed by atoms with Gasteiger partial charge in [-0.25, -0.2) is 0 Å². The molecule has 0 radical (unpaired) electrons. The lowest BCUT2D eigenvalue weighted by atomic mass is 9.51. The van der Waals surface area contributed by atoms with E-state index in [0.717, 1.165) is 12.8 Å². The molecular formula is C17H17NO4. The fourth-order valence-corrected chi connectivity index (χ4v) is 4.52. The number of carbonyl (C=O) groups is 3. The summed E-state index contributed by atoms with van der Waals surface area (Å²) in [5.74, 6) is -1.93. The fraction of sp³-hybridized carbons (Fsp3) is 0.471. The predicted octanol–water partition coefficient (Wildman–Crippen LogP) is 2.13. The number of rotatable bonds is 2. The zero-order valence-corrected chi connectivity index (χ0v) is 12.1. The Balaban J connectivity index is 1.68. The third-order valence-corrected chi connectivity index (χ3v) is 5.60. The van der Waals surface area contributed by atoms with Crippen molar-refractivity contribution in [1.29, 1.82) is 0 Å². The minimum absolute atomic E-state index is 0.154. The molecule has 114 valence electrons. The second-order valence-corrected chi connectivity index (χ2v) is 6.56. The lowest BCUT2D eigenvalue weighted by Crippen LogP contribution is -2.55. The van der Waals surface area contributed by atoms with Crippen LogP contribution in [-0.4, -0.2) is 17.8 Å². The van der Waals surface area contributed by atoms with Crippen LogP contribution in [0.5, 0.6) is 0 Å². The lowest BCUT2D eigenvalue weighted by molar-refractivity contribution is -0.157. The van der Waals surface area contributed by atoms with Crippen LogP contribution in [0.3, 0.4) is 0 Å². The number of carbonyl (C=O) groups excluding carboxylic acids is 3. The first-order valence-corrected chi connectivity index (χ1v) is 7.74. The van der Waals surface area contributed by atoms with E-state index in [1.165, 1.54) is 0 Å². The number of hydrogen-bond acceptors (Lipinski definition) is 4. The van der Waals surface area contributed by atoms with Crippen molar-refractivity contribution in [3.63, 3.8) is 0 Å². The standard InChI is InChI=1S/C17H17NO4/c19-14-12-10-6-8-17(9-7-10,13(12)15(20)22-14)16(21)18-11-4-2-1-3-5-11/h1-5,10,12-13H,6-9H2,(H,18,21)/t10?,12-,13+,17?/m1/s1. The van der Waals surface area contributed by atoms with Crippen LogP contribution in [0.15, 0.2) is 30.3 Å². The molecule has 1 N–H and O–H groups in total. The van der Waals surface area contributed by atoms with Gasteiger partial charge in [0.05, 0.1) is 17.3 Å². The summed E-state index contributed by atoms with van der Waals surface area (Å²) in [5.41, 5.74) is -0.0813. The molecule has 5 heteroatoms. The molecule has 3 saturated carbocycles. The first-order chi connectivity index (χ1) is 10.6. The molecule has 0 aromatic heterocycles. The number of fused-ring (bicyclic) bond motifs is 2. The van der Waals surface area contributed by atoms with E-state index in [0.29, 0.717) is 18.5 Å². The van der Waals surface area contributed by atoms with Crippen molar-refractivity contribution in [2.45, 2.75) is 25.7 Å². The average Bonchev–Trinajstić information content (AvgIpc) is 2.87. The maximum Gasteiger partial charge on any atom is 0.318 e. The van der Waals surface area contributed by atoms with Crippen LogP contribution in [0.25, 0.3) is 0 Å². The molecule has 1 amide bonds. The van der Waals surface area contributed by atoms with Gasteiger partial charge in [0.15, 0.2) is 0 Å². The molecule has 0 unspecified atom stereocenters. The van der Waals surface area contributed by atoms with Crippen molar-refractivity contribution in [3.05, 3.63) is 30.3 Å². The Morgan fingerprint density at radius 1 is 1.09 bits per heavy atom. The third kappa shape index (κ3) is 1.74. The maximum absolute atomic E-state index is 12.9. The number of esters is 2. The smallest absolute Gasteiger partial charge is 0.318 e. The van der Waals surface area contributed by atoms with Gasteiger partial charge in [-0.1, -0.05) is 18.2 Å². The van der Waals surface area contributed by atoms with Gasteiger partial charge < -0.3 is 10.1 Å². The van der Waals surface area contributed by atoms with E-state index in [2.05, 4.69) is 5.32 Å². The van der Waals surface area contributed by atoms with E-state index in [4.69, 9.17) is 4.74 Å². The zero-order valence-electron chi connectivity index (χ0n) is 12.1. The highest BCUT2D eigenvalue weighted by atomic mass is 16.6. The summed E-state index contributed by atoms with van der Waals surface area (Å²) in [5, 5.41) is 2.92. The van der Waals surface area contributed by atoms with E-state index in [1.54, 1.807) is 0 Å². The predicted molar refractivity (Wildman–Crippen MR) is 77.5 cm³/mol. The first-order valence-electron chi connectivity index (χ1n) is 7.74. The van der Waals surface area contributed by atoms with Gasteiger partial charge in [0.2, 0.25) is 5.91 Å². The normalized spacial score (nSPS) is 35.9. The maximum atomic E-state index is 12.9. The molecule has 1 saturated heterocycles. The summed E-state index contributed by atoms with van der Waals surface area (Å²) in [6.45, 7) is 0. The van der Waals surface area contributed by atoms with Gasteiger partial charge in [-0.05, 0) is 43.7 Å². The Bertz CT molecular complexity index is 646. The Kier molecular flexibility index (Phi) is 2.86. The average molecular weight is 299 g/mol. The largest absolute Gasteiger partial charge is 0.393 e. The van der Waals surface area contributed by atoms with Crippen molar-refractivity contribution < 1.29 is 19.1 Å². The molecule has 1 aromatic rings. The lowest BCUT2D eigenvalue weighted by Gasteiger charge is -2.49. The molecule has 1 heterocycles. The third-order valence-electron chi connectivity index (χ3n) is 5.60. The number of anilines is 1. The van der Waals surface area contributed by atoms with Crippen LogP contribution in [0, 0.1) is 23.2 Å². The number of hydrogen-bond donors (Lipinski definition) is 1. The van der Waals surface area contributed by atoms with Crippen molar-refractivity contribution >= 4 is 23.5 Å². The van der Waals surface area contributed by atoms with Gasteiger partial charge in [-0.2, -0.15) is 0 Å². The number of benzene rings is 1. The van der Waals surface area contributed by atoms with Gasteiger partial charge in [-0.3, -0.25) is 14.4 Å². The van der Waals surface area contributed by atoms with Crippen molar-refractivity contribution in [2.75, 3.05) is 5.32 Å². The minimum atomic E-state index is -0.793. The van der Waals surface area contributed by atoms with Gasteiger partial charge in [0, 0.05) is 5.69 Å². The molecule has 22 heavy (non-hydrogen) atoms. The van der Waals surface area contributed by atoms with Crippen LogP contribution in [0.2, 0.25) is 0 Å². The molecule has 5 rings (SSSR count). The van der Waals surface area contributed by atoms with Gasteiger partial charge in [-0.15, -0.1) is 0 Å². The van der Waals surface area contributed by atoms with Crippen LogP contribution in [-0.2, 0) is 19.1 Å². The van der Waals surface area contributed by atoms with Crippen molar-refractivity contribution in [2.24, 2.45) is 23.2 Å². The van der Waals surface area contributed by atoms with Crippen LogP contribution in [0.4, 0.5) is 5.69 Å². The van der Waals surface area contributed by atoms with E-state index >= 15 is 0 Å². The summed E-state index contributed by atoms with van der Waals surface area (Å²) >= 11 is 0. The monoisotopic (exact) mass is 299 g/mol. The number of cyclic esters (lactones) is 2. The highest BCUT2D eigenvalue weighted by Crippen LogP contribution is 2.59. The molecule has 2 atom stereocenters. The molecule has 4 aliphatic rings. The molecule has 1 aliphatic heterocycles. The molecule has 2 bridgehead atoms. The quantitative estimate of drug-likeness (QED) is 0.670. The number of ether oxygens (including phenoxy) is 1. The minimum Gasteiger partial charge on any atom is -0.393 e. The van der Waals surface area contributed by atoms with Crippen molar-refractivity contribution in [1.82, 2.24) is 0 Å². The fourth-order valence-electron chi connectivity index (χ4n) is 4.52. The summed E-state index contributed by atoms with van der Waals surface area (Å²) in [4.78, 5) is 37.0. The topological polar surface area (TPSA) is 72.5 Å². The molecule has 0 spiro atoms. The van der Waals surface area contributed by atoms with Gasteiger partial charge in [0.25, 0.3) is 0 Å². The van der Waals surface area contributed by atoms with Crippen LogP contribution < -0.4 is 5.32 Å². The van der Waals surface area contributed by atoms with Crippen molar-refractivity contribution in [3.8, 4) is 0 Å². The number of para-hydroxylation sites is 1. The first kappa shape index (κ1) is 13.5. The van der Waals surface area contributed by atoms with Crippen LogP contribution in [0.1, 0.15) is 25.7 Å². The molecule has 5 nitrogen and oxygen atoms in total. The Labute approximate surface area is 128 Å². The Hall–Kier alpha value is -2.17. The van der Waals surface area contributed by atoms with Gasteiger partial charge >= 0.3 is 11.9 Å². The Morgan fingerprint density at radius 3 is 2.45 bits per heavy atom. The second kappa shape index (κ2) is 4.66. The summed E-state index contributed by atoms with van der Waals surface area (Å²) < 4.78 is 4.86. The van der Waals surface area contributed by atoms with E-state index in [-0.39, 0.29) is 11.8 Å². The molecule has 3 aliphatic carbocycles. The molecular weight excluding hydrogens is 282 g/mol. The SMILES string of the molecule is O=C1OC(=O)[C@@H]2[C@H]1C1CCC2(C(=O)Nc2ccccc2)CC1.